The molecule has 1 aliphatic rings. The summed E-state index contributed by atoms with van der Waals surface area (Å²) in [5.41, 5.74) is 0.440. The molecule has 11 heavy (non-hydrogen) atoms. The van der Waals surface area contributed by atoms with E-state index in [-0.39, 0.29) is 1.43 Å². The van der Waals surface area contributed by atoms with Crippen molar-refractivity contribution in [2.24, 2.45) is 11.3 Å². The summed E-state index contributed by atoms with van der Waals surface area (Å²) in [7, 11) is 0. The Morgan fingerprint density at radius 2 is 2.45 bits per heavy atom. The zero-order chi connectivity index (χ0) is 8.32. The van der Waals surface area contributed by atoms with Crippen LogP contribution in [0.15, 0.2) is 0 Å². The molecular formula is C9H19NO. The van der Waals surface area contributed by atoms with Crippen molar-refractivity contribution in [3.05, 3.63) is 0 Å². The molecule has 2 nitrogen and oxygen atoms in total. The third-order valence-electron chi connectivity index (χ3n) is 2.93. The van der Waals surface area contributed by atoms with Crippen molar-refractivity contribution >= 4 is 6.41 Å². The van der Waals surface area contributed by atoms with Crippen LogP contribution in [0.25, 0.3) is 0 Å². The number of carbonyl (C=O) groups is 1. The minimum atomic E-state index is 0. The van der Waals surface area contributed by atoms with Crippen LogP contribution < -0.4 is 5.32 Å². The van der Waals surface area contributed by atoms with Crippen molar-refractivity contribution in [2.45, 2.75) is 33.1 Å². The van der Waals surface area contributed by atoms with Gasteiger partial charge in [0, 0.05) is 7.97 Å². The topological polar surface area (TPSA) is 29.1 Å². The van der Waals surface area contributed by atoms with Gasteiger partial charge >= 0.3 is 0 Å². The molecule has 1 fully saturated rings. The summed E-state index contributed by atoms with van der Waals surface area (Å²) in [5.74, 6) is 0.688. The van der Waals surface area contributed by atoms with Gasteiger partial charge in [0.1, 0.15) is 0 Å². The van der Waals surface area contributed by atoms with E-state index in [0.717, 1.165) is 13.0 Å². The molecule has 0 aliphatic heterocycles. The maximum Gasteiger partial charge on any atom is 0.207 e. The van der Waals surface area contributed by atoms with Crippen molar-refractivity contribution in [2.75, 3.05) is 6.54 Å². The lowest BCUT2D eigenvalue weighted by atomic mass is 9.82. The Morgan fingerprint density at radius 1 is 1.73 bits per heavy atom. The minimum absolute atomic E-state index is 0. The molecule has 0 saturated heterocycles. The lowest BCUT2D eigenvalue weighted by molar-refractivity contribution is -0.109. The van der Waals surface area contributed by atoms with Gasteiger partial charge in [-0.15, -0.1) is 0 Å². The van der Waals surface area contributed by atoms with Gasteiger partial charge in [-0.2, -0.15) is 0 Å². The summed E-state index contributed by atoms with van der Waals surface area (Å²) < 4.78 is 0. The molecule has 0 radical (unpaired) electrons. The number of hydrogen-bond donors (Lipinski definition) is 1. The molecule has 1 saturated carbocycles. The third-order valence-corrected chi connectivity index (χ3v) is 2.93. The van der Waals surface area contributed by atoms with Gasteiger partial charge in [0.2, 0.25) is 6.41 Å². The number of nitrogens with one attached hydrogen (secondary N) is 1. The number of amides is 1. The number of hydrogen-bond acceptors (Lipinski definition) is 1. The van der Waals surface area contributed by atoms with Crippen LogP contribution in [-0.4, -0.2) is 13.0 Å². The normalized spacial score (nSPS) is 28.4. The van der Waals surface area contributed by atoms with Gasteiger partial charge in [-0.3, -0.25) is 4.79 Å². The smallest absolute Gasteiger partial charge is 0.207 e. The largest absolute Gasteiger partial charge is 0.358 e. The number of rotatable bonds is 3. The molecule has 0 spiro atoms. The Balaban J connectivity index is 0.00000121. The molecule has 2 heteroatoms. The van der Waals surface area contributed by atoms with Crippen LogP contribution in [0, 0.1) is 11.3 Å². The highest BCUT2D eigenvalue weighted by molar-refractivity contribution is 5.45. The summed E-state index contributed by atoms with van der Waals surface area (Å²) in [5, 5.41) is 2.77. The zero-order valence-electron chi connectivity index (χ0n) is 7.39. The molecular weight excluding hydrogens is 138 g/mol. The number of carbonyl (C=O) groups excluding carboxylic acids is 1. The second kappa shape index (κ2) is 3.24. The average molecular weight is 157 g/mol. The lowest BCUT2D eigenvalue weighted by Crippen LogP contribution is -2.28. The predicted molar refractivity (Wildman–Crippen MR) is 47.3 cm³/mol. The highest BCUT2D eigenvalue weighted by Crippen LogP contribution is 2.41. The van der Waals surface area contributed by atoms with E-state index in [1.807, 2.05) is 0 Å². The predicted octanol–water partition coefficient (Wildman–Crippen LogP) is 1.80. The highest BCUT2D eigenvalue weighted by Gasteiger charge is 2.33. The molecule has 1 rings (SSSR count). The van der Waals surface area contributed by atoms with E-state index >= 15 is 0 Å². The van der Waals surface area contributed by atoms with Crippen LogP contribution in [0.1, 0.15) is 34.5 Å². The third kappa shape index (κ3) is 1.95. The summed E-state index contributed by atoms with van der Waals surface area (Å²) >= 11 is 0. The van der Waals surface area contributed by atoms with Gasteiger partial charge in [0.05, 0.1) is 0 Å². The van der Waals surface area contributed by atoms with Crippen LogP contribution in [0.5, 0.6) is 0 Å². The zero-order valence-corrected chi connectivity index (χ0v) is 7.39. The first kappa shape index (κ1) is 8.57. The molecule has 0 bridgehead atoms. The Bertz CT molecular complexity index is 147. The first-order chi connectivity index (χ1) is 5.17. The van der Waals surface area contributed by atoms with Gasteiger partial charge in [0.15, 0.2) is 0 Å². The minimum Gasteiger partial charge on any atom is -0.358 e. The molecule has 1 amide bonds. The Morgan fingerprint density at radius 3 is 2.91 bits per heavy atom. The second-order valence-corrected chi connectivity index (χ2v) is 4.10. The molecule has 0 heterocycles. The van der Waals surface area contributed by atoms with Gasteiger partial charge in [-0.05, 0) is 24.2 Å². The van der Waals surface area contributed by atoms with Gasteiger partial charge < -0.3 is 5.32 Å². The summed E-state index contributed by atoms with van der Waals surface area (Å²) in [6.07, 6.45) is 4.69. The molecule has 66 valence electrons. The van der Waals surface area contributed by atoms with E-state index in [1.54, 1.807) is 0 Å². The van der Waals surface area contributed by atoms with E-state index in [4.69, 9.17) is 0 Å². The molecule has 1 atom stereocenters. The maximum atomic E-state index is 10.1. The van der Waals surface area contributed by atoms with Gasteiger partial charge in [0.25, 0.3) is 0 Å². The fourth-order valence-electron chi connectivity index (χ4n) is 1.97. The van der Waals surface area contributed by atoms with Crippen molar-refractivity contribution in [1.82, 2.24) is 5.32 Å². The molecule has 1 unspecified atom stereocenters. The Kier molecular flexibility index (Phi) is 2.53. The van der Waals surface area contributed by atoms with Crippen LogP contribution in [0.2, 0.25) is 0 Å². The van der Waals surface area contributed by atoms with Crippen molar-refractivity contribution in [3.8, 4) is 0 Å². The van der Waals surface area contributed by atoms with E-state index < -0.39 is 0 Å². The van der Waals surface area contributed by atoms with Crippen LogP contribution in [-0.2, 0) is 4.79 Å². The molecule has 0 aromatic carbocycles. The first-order valence-electron chi connectivity index (χ1n) is 4.34. The first-order valence-corrected chi connectivity index (χ1v) is 4.34. The lowest BCUT2D eigenvalue weighted by Gasteiger charge is -2.26. The standard InChI is InChI=1S/C9H17NO.H2/c1-9(2)5-3-4-8(9)6-10-7-11;/h7-8H,3-6H2,1-2H3,(H,10,11);1H. The van der Waals surface area contributed by atoms with E-state index in [9.17, 15) is 4.79 Å². The molecule has 1 N–H and O–H groups in total. The quantitative estimate of drug-likeness (QED) is 0.622. The Labute approximate surface area is 69.8 Å². The van der Waals surface area contributed by atoms with Crippen molar-refractivity contribution in [3.63, 3.8) is 0 Å². The van der Waals surface area contributed by atoms with Crippen LogP contribution >= 0.6 is 0 Å². The van der Waals surface area contributed by atoms with E-state index in [1.165, 1.54) is 19.3 Å². The van der Waals surface area contributed by atoms with Crippen LogP contribution in [0.3, 0.4) is 0 Å². The summed E-state index contributed by atoms with van der Waals surface area (Å²) in [6, 6.07) is 0. The van der Waals surface area contributed by atoms with Gasteiger partial charge in [-0.25, -0.2) is 0 Å². The van der Waals surface area contributed by atoms with Crippen molar-refractivity contribution in [1.29, 1.82) is 0 Å². The molecule has 0 aromatic rings. The summed E-state index contributed by atoms with van der Waals surface area (Å²) in [4.78, 5) is 10.1. The maximum absolute atomic E-state index is 10.1. The summed E-state index contributed by atoms with van der Waals surface area (Å²) in [6.45, 7) is 5.44. The highest BCUT2D eigenvalue weighted by atomic mass is 16.1. The van der Waals surface area contributed by atoms with E-state index in [0.29, 0.717) is 11.3 Å². The molecule has 1 aliphatic carbocycles. The molecule has 0 aromatic heterocycles. The van der Waals surface area contributed by atoms with E-state index in [2.05, 4.69) is 19.2 Å². The van der Waals surface area contributed by atoms with Crippen molar-refractivity contribution < 1.29 is 6.22 Å². The second-order valence-electron chi connectivity index (χ2n) is 4.10. The van der Waals surface area contributed by atoms with Crippen LogP contribution in [0.4, 0.5) is 0 Å². The fraction of sp³-hybridized carbons (Fsp3) is 0.889. The fourth-order valence-corrected chi connectivity index (χ4v) is 1.97. The van der Waals surface area contributed by atoms with Gasteiger partial charge in [-0.1, -0.05) is 20.3 Å². The average Bonchev–Trinajstić information content (AvgIpc) is 2.25. The monoisotopic (exact) mass is 157 g/mol. The Hall–Kier alpha value is -0.530. The SMILES string of the molecule is CC1(C)CCCC1CNC=O.[HH].